The molecular formula is C33H33ClFN7O. The molecule has 0 bridgehead atoms. The Morgan fingerprint density at radius 3 is 2.53 bits per heavy atom. The van der Waals surface area contributed by atoms with Crippen molar-refractivity contribution in [2.24, 2.45) is 4.99 Å². The minimum absolute atomic E-state index is 0.157. The molecular weight excluding hydrogens is 565 g/mol. The Hall–Kier alpha value is -4.34. The zero-order chi connectivity index (χ0) is 30.1. The third-order valence-corrected chi connectivity index (χ3v) is 8.39. The van der Waals surface area contributed by atoms with E-state index >= 15 is 4.39 Å². The number of carbonyl (C=O) groups excluding carboxylic acids is 1. The van der Waals surface area contributed by atoms with Crippen LogP contribution in [0.1, 0.15) is 39.9 Å². The molecule has 1 fully saturated rings. The Morgan fingerprint density at radius 2 is 1.81 bits per heavy atom. The van der Waals surface area contributed by atoms with E-state index in [9.17, 15) is 4.79 Å². The highest BCUT2D eigenvalue weighted by molar-refractivity contribution is 6.32. The summed E-state index contributed by atoms with van der Waals surface area (Å²) in [5.41, 5.74) is 6.21. The minimum atomic E-state index is -0.323. The normalized spacial score (nSPS) is 14.9. The minimum Gasteiger partial charge on any atom is -0.371 e. The van der Waals surface area contributed by atoms with Crippen molar-refractivity contribution >= 4 is 40.5 Å². The molecule has 2 aliphatic rings. The third kappa shape index (κ3) is 5.83. The van der Waals surface area contributed by atoms with E-state index in [2.05, 4.69) is 39.5 Å². The largest absolute Gasteiger partial charge is 0.371 e. The molecule has 10 heteroatoms. The van der Waals surface area contributed by atoms with Gasteiger partial charge in [0.2, 0.25) is 5.95 Å². The van der Waals surface area contributed by atoms with E-state index in [-0.39, 0.29) is 18.3 Å². The predicted octanol–water partition coefficient (Wildman–Crippen LogP) is 5.92. The van der Waals surface area contributed by atoms with Crippen molar-refractivity contribution in [3.8, 4) is 11.3 Å². The first-order chi connectivity index (χ1) is 20.8. The van der Waals surface area contributed by atoms with E-state index in [1.165, 1.54) is 6.07 Å². The van der Waals surface area contributed by atoms with Gasteiger partial charge in [-0.05, 0) is 75.5 Å². The Morgan fingerprint density at radius 1 is 1.05 bits per heavy atom. The number of aliphatic imine (C=N–C) groups is 1. The zero-order valence-corrected chi connectivity index (χ0v) is 25.1. The summed E-state index contributed by atoms with van der Waals surface area (Å²) in [6, 6.07) is 18.4. The summed E-state index contributed by atoms with van der Waals surface area (Å²) in [7, 11) is 5.82. The van der Waals surface area contributed by atoms with Gasteiger partial charge in [0.05, 0.1) is 23.5 Å². The number of amides is 1. The molecule has 3 aromatic carbocycles. The second-order valence-electron chi connectivity index (χ2n) is 11.0. The monoisotopic (exact) mass is 597 g/mol. The van der Waals surface area contributed by atoms with Gasteiger partial charge in [-0.3, -0.25) is 9.79 Å². The van der Waals surface area contributed by atoms with Gasteiger partial charge in [-0.25, -0.2) is 14.4 Å². The lowest BCUT2D eigenvalue weighted by Gasteiger charge is -2.37. The van der Waals surface area contributed by atoms with Crippen molar-refractivity contribution in [3.05, 3.63) is 100.0 Å². The Kier molecular flexibility index (Phi) is 8.10. The summed E-state index contributed by atoms with van der Waals surface area (Å²) in [5, 5.41) is 6.38. The van der Waals surface area contributed by atoms with Gasteiger partial charge in [-0.15, -0.1) is 0 Å². The fourth-order valence-electron chi connectivity index (χ4n) is 5.81. The standard InChI is InChI=1S/C33H33ClFN7O/c1-36-32(43)20-7-10-23(11-8-20)39-33-38-19-21-18-37-31(26-17-22(34)9-12-25(26)30(21)40-33)29-27(35)5-4-6-28(29)42-15-13-24(14-16-42)41(2)3/h4-12,17,19,24H,13-16,18H2,1-3H3,(H,36,43)(H,38,39,40). The number of piperidine rings is 1. The molecule has 1 saturated heterocycles. The van der Waals surface area contributed by atoms with Gasteiger partial charge < -0.3 is 20.4 Å². The number of fused-ring (bicyclic) bond motifs is 3. The molecule has 0 saturated carbocycles. The van der Waals surface area contributed by atoms with Crippen LogP contribution in [0.2, 0.25) is 5.02 Å². The Balaban J connectivity index is 1.37. The highest BCUT2D eigenvalue weighted by Gasteiger charge is 2.28. The van der Waals surface area contributed by atoms with E-state index in [0.29, 0.717) is 39.5 Å². The maximum Gasteiger partial charge on any atom is 0.251 e. The fourth-order valence-corrected chi connectivity index (χ4v) is 5.98. The predicted molar refractivity (Wildman–Crippen MR) is 170 cm³/mol. The Labute approximate surface area is 255 Å². The van der Waals surface area contributed by atoms with Crippen molar-refractivity contribution in [1.29, 1.82) is 0 Å². The molecule has 43 heavy (non-hydrogen) atoms. The van der Waals surface area contributed by atoms with Gasteiger partial charge in [-0.2, -0.15) is 0 Å². The average molecular weight is 598 g/mol. The van der Waals surface area contributed by atoms with Gasteiger partial charge in [0.15, 0.2) is 0 Å². The summed E-state index contributed by atoms with van der Waals surface area (Å²) >= 11 is 6.53. The number of hydrogen-bond donors (Lipinski definition) is 2. The molecule has 1 aromatic heterocycles. The maximum absolute atomic E-state index is 15.8. The summed E-state index contributed by atoms with van der Waals surface area (Å²) in [4.78, 5) is 30.8. The van der Waals surface area contributed by atoms with E-state index < -0.39 is 0 Å². The lowest BCUT2D eigenvalue weighted by molar-refractivity contribution is 0.0963. The first kappa shape index (κ1) is 28.8. The summed E-state index contributed by atoms with van der Waals surface area (Å²) in [6.07, 6.45) is 3.76. The number of rotatable bonds is 6. The van der Waals surface area contributed by atoms with Crippen molar-refractivity contribution in [1.82, 2.24) is 20.2 Å². The van der Waals surface area contributed by atoms with E-state index in [1.807, 2.05) is 24.3 Å². The number of nitrogens with one attached hydrogen (secondary N) is 2. The van der Waals surface area contributed by atoms with Crippen LogP contribution < -0.4 is 15.5 Å². The van der Waals surface area contributed by atoms with Gasteiger partial charge in [0.25, 0.3) is 5.91 Å². The van der Waals surface area contributed by atoms with E-state index in [4.69, 9.17) is 21.6 Å². The van der Waals surface area contributed by atoms with Crippen LogP contribution in [0.4, 0.5) is 21.7 Å². The highest BCUT2D eigenvalue weighted by atomic mass is 35.5. The zero-order valence-electron chi connectivity index (χ0n) is 24.4. The van der Waals surface area contributed by atoms with Crippen LogP contribution in [-0.2, 0) is 6.54 Å². The maximum atomic E-state index is 15.8. The van der Waals surface area contributed by atoms with Gasteiger partial charge in [-0.1, -0.05) is 23.7 Å². The summed E-state index contributed by atoms with van der Waals surface area (Å²) in [5.74, 6) is -0.0856. The number of carbonyl (C=O) groups is 1. The number of benzene rings is 3. The average Bonchev–Trinajstić information content (AvgIpc) is 3.17. The van der Waals surface area contributed by atoms with Crippen LogP contribution in [0.15, 0.2) is 71.9 Å². The molecule has 0 aliphatic carbocycles. The van der Waals surface area contributed by atoms with Gasteiger partial charge in [0, 0.05) is 71.0 Å². The van der Waals surface area contributed by atoms with Crippen LogP contribution in [0.25, 0.3) is 11.3 Å². The third-order valence-electron chi connectivity index (χ3n) is 8.16. The smallest absolute Gasteiger partial charge is 0.251 e. The molecule has 0 unspecified atom stereocenters. The summed E-state index contributed by atoms with van der Waals surface area (Å²) in [6.45, 7) is 1.95. The van der Waals surface area contributed by atoms with E-state index in [1.54, 1.807) is 43.6 Å². The number of hydrogen-bond acceptors (Lipinski definition) is 7. The second-order valence-corrected chi connectivity index (χ2v) is 11.5. The van der Waals surface area contributed by atoms with Crippen molar-refractivity contribution < 1.29 is 9.18 Å². The molecule has 6 rings (SSSR count). The molecule has 1 amide bonds. The molecule has 2 N–H and O–H groups in total. The van der Waals surface area contributed by atoms with Crippen molar-refractivity contribution in [2.75, 3.05) is 44.4 Å². The second kappa shape index (κ2) is 12.1. The number of halogens is 2. The van der Waals surface area contributed by atoms with Gasteiger partial charge in [0.1, 0.15) is 5.82 Å². The molecule has 4 aromatic rings. The molecule has 3 heterocycles. The molecule has 220 valence electrons. The van der Waals surface area contributed by atoms with E-state index in [0.717, 1.165) is 54.0 Å². The molecule has 8 nitrogen and oxygen atoms in total. The lowest BCUT2D eigenvalue weighted by atomic mass is 9.93. The van der Waals surface area contributed by atoms with Gasteiger partial charge >= 0.3 is 0 Å². The van der Waals surface area contributed by atoms with Crippen molar-refractivity contribution in [2.45, 2.75) is 25.4 Å². The summed E-state index contributed by atoms with van der Waals surface area (Å²) < 4.78 is 15.8. The van der Waals surface area contributed by atoms with Crippen LogP contribution in [0.3, 0.4) is 0 Å². The highest BCUT2D eigenvalue weighted by Crippen LogP contribution is 2.37. The molecule has 2 aliphatic heterocycles. The first-order valence-corrected chi connectivity index (χ1v) is 14.7. The first-order valence-electron chi connectivity index (χ1n) is 14.3. The fraction of sp³-hybridized carbons (Fsp3) is 0.273. The van der Waals surface area contributed by atoms with Crippen LogP contribution in [-0.4, -0.2) is 66.8 Å². The lowest BCUT2D eigenvalue weighted by Crippen LogP contribution is -2.42. The quantitative estimate of drug-likeness (QED) is 0.287. The number of nitrogens with zero attached hydrogens (tertiary/aromatic N) is 5. The van der Waals surface area contributed by atoms with Crippen LogP contribution in [0.5, 0.6) is 0 Å². The molecule has 0 atom stereocenters. The number of aromatic nitrogens is 2. The Bertz CT molecular complexity index is 1700. The number of anilines is 3. The topological polar surface area (TPSA) is 85.7 Å². The van der Waals surface area contributed by atoms with Crippen LogP contribution >= 0.6 is 11.6 Å². The molecule has 0 radical (unpaired) electrons. The SMILES string of the molecule is CNC(=O)c1ccc(Nc2ncc3c(n2)-c2ccc(Cl)cc2C(c2c(F)cccc2N2CCC(N(C)C)CC2)=NC3)cc1. The van der Waals surface area contributed by atoms with Crippen LogP contribution in [0, 0.1) is 5.82 Å². The van der Waals surface area contributed by atoms with Crippen molar-refractivity contribution in [3.63, 3.8) is 0 Å². The molecule has 0 spiro atoms.